The number of hydrogen-bond donors (Lipinski definition) is 2. The Labute approximate surface area is 93.7 Å². The molecule has 15 heavy (non-hydrogen) atoms. The number of nitrogens with one attached hydrogen (secondary N) is 1. The van der Waals surface area contributed by atoms with Crippen LogP contribution in [0.4, 0.5) is 11.4 Å². The van der Waals surface area contributed by atoms with Crippen molar-refractivity contribution in [2.24, 2.45) is 0 Å². The molecule has 0 aliphatic rings. The summed E-state index contributed by atoms with van der Waals surface area (Å²) in [5.74, 6) is 0. The molecule has 1 aromatic carbocycles. The summed E-state index contributed by atoms with van der Waals surface area (Å²) in [6, 6.07) is 12.1. The maximum absolute atomic E-state index is 5.82. The molecule has 0 aliphatic carbocycles. The molecule has 3 heteroatoms. The van der Waals surface area contributed by atoms with Crippen molar-refractivity contribution in [3.8, 4) is 0 Å². The quantitative estimate of drug-likeness (QED) is 0.774. The minimum Gasteiger partial charge on any atom is -0.397 e. The average Bonchev–Trinajstić information content (AvgIpc) is 2.74. The first-order chi connectivity index (χ1) is 7.36. The maximum Gasteiger partial charge on any atom is 0.0574 e. The summed E-state index contributed by atoms with van der Waals surface area (Å²) in [6.45, 7) is 0.925. The summed E-state index contributed by atoms with van der Waals surface area (Å²) in [5.41, 5.74) is 7.65. The highest BCUT2D eigenvalue weighted by molar-refractivity contribution is 7.09. The summed E-state index contributed by atoms with van der Waals surface area (Å²) in [6.07, 6.45) is 1.05. The summed E-state index contributed by atoms with van der Waals surface area (Å²) in [5, 5.41) is 5.44. The number of para-hydroxylation sites is 2. The van der Waals surface area contributed by atoms with Gasteiger partial charge in [0.15, 0.2) is 0 Å². The second-order valence-electron chi connectivity index (χ2n) is 3.34. The Hall–Kier alpha value is -1.48. The molecule has 0 spiro atoms. The molecule has 0 saturated carbocycles. The van der Waals surface area contributed by atoms with Crippen molar-refractivity contribution in [2.75, 3.05) is 17.6 Å². The van der Waals surface area contributed by atoms with Gasteiger partial charge in [-0.05, 0) is 30.0 Å². The van der Waals surface area contributed by atoms with Gasteiger partial charge in [-0.2, -0.15) is 0 Å². The molecule has 2 aromatic rings. The Morgan fingerprint density at radius 1 is 1.13 bits per heavy atom. The number of benzene rings is 1. The third-order valence-corrected chi connectivity index (χ3v) is 3.16. The van der Waals surface area contributed by atoms with Crippen molar-refractivity contribution < 1.29 is 0 Å². The lowest BCUT2D eigenvalue weighted by Gasteiger charge is -2.07. The minimum absolute atomic E-state index is 0.809. The van der Waals surface area contributed by atoms with Crippen LogP contribution in [0.15, 0.2) is 41.8 Å². The summed E-state index contributed by atoms with van der Waals surface area (Å²) in [7, 11) is 0. The second-order valence-corrected chi connectivity index (χ2v) is 4.38. The molecule has 1 aromatic heterocycles. The first-order valence-electron chi connectivity index (χ1n) is 4.97. The zero-order valence-corrected chi connectivity index (χ0v) is 9.26. The molecule has 2 nitrogen and oxygen atoms in total. The first kappa shape index (κ1) is 10.1. The summed E-state index contributed by atoms with van der Waals surface area (Å²) < 4.78 is 0. The highest BCUT2D eigenvalue weighted by Gasteiger charge is 1.97. The highest BCUT2D eigenvalue weighted by atomic mass is 32.1. The lowest BCUT2D eigenvalue weighted by Crippen LogP contribution is -2.05. The van der Waals surface area contributed by atoms with Gasteiger partial charge in [0.2, 0.25) is 0 Å². The van der Waals surface area contributed by atoms with Gasteiger partial charge in [-0.3, -0.25) is 0 Å². The number of hydrogen-bond acceptors (Lipinski definition) is 3. The molecule has 0 radical (unpaired) electrons. The molecule has 0 bridgehead atoms. The predicted octanol–water partition coefficient (Wildman–Crippen LogP) is 2.98. The van der Waals surface area contributed by atoms with Crippen molar-refractivity contribution in [3.05, 3.63) is 46.7 Å². The normalized spacial score (nSPS) is 10.1. The topological polar surface area (TPSA) is 38.0 Å². The van der Waals surface area contributed by atoms with Crippen LogP contribution in [0.3, 0.4) is 0 Å². The van der Waals surface area contributed by atoms with Crippen molar-refractivity contribution in [1.29, 1.82) is 0 Å². The molecular weight excluding hydrogens is 204 g/mol. The molecule has 2 rings (SSSR count). The average molecular weight is 218 g/mol. The van der Waals surface area contributed by atoms with Crippen LogP contribution in [0.1, 0.15) is 4.88 Å². The van der Waals surface area contributed by atoms with E-state index in [1.165, 1.54) is 4.88 Å². The maximum atomic E-state index is 5.82. The van der Waals surface area contributed by atoms with Crippen molar-refractivity contribution >= 4 is 22.7 Å². The van der Waals surface area contributed by atoms with Crippen molar-refractivity contribution in [1.82, 2.24) is 0 Å². The van der Waals surface area contributed by atoms with Crippen LogP contribution in [-0.2, 0) is 6.42 Å². The van der Waals surface area contributed by atoms with Crippen molar-refractivity contribution in [3.63, 3.8) is 0 Å². The van der Waals surface area contributed by atoms with E-state index < -0.39 is 0 Å². The second kappa shape index (κ2) is 4.84. The summed E-state index contributed by atoms with van der Waals surface area (Å²) >= 11 is 1.79. The van der Waals surface area contributed by atoms with E-state index in [0.29, 0.717) is 0 Å². The van der Waals surface area contributed by atoms with E-state index in [2.05, 4.69) is 22.8 Å². The standard InChI is InChI=1S/C12H14N2S/c13-11-5-1-2-6-12(11)14-8-7-10-4-3-9-15-10/h1-6,9,14H,7-8,13H2. The molecule has 3 N–H and O–H groups in total. The van der Waals surface area contributed by atoms with Gasteiger partial charge in [-0.15, -0.1) is 11.3 Å². The van der Waals surface area contributed by atoms with E-state index in [-0.39, 0.29) is 0 Å². The van der Waals surface area contributed by atoms with Crippen LogP contribution in [0.5, 0.6) is 0 Å². The van der Waals surface area contributed by atoms with Gasteiger partial charge in [-0.1, -0.05) is 18.2 Å². The van der Waals surface area contributed by atoms with Crippen LogP contribution < -0.4 is 11.1 Å². The molecular formula is C12H14N2S. The molecule has 1 heterocycles. The third kappa shape index (κ3) is 2.73. The van der Waals surface area contributed by atoms with Crippen LogP contribution >= 0.6 is 11.3 Å². The molecule has 0 unspecified atom stereocenters. The highest BCUT2D eigenvalue weighted by Crippen LogP contribution is 2.17. The van der Waals surface area contributed by atoms with Crippen LogP contribution in [0, 0.1) is 0 Å². The van der Waals surface area contributed by atoms with Gasteiger partial charge in [0.25, 0.3) is 0 Å². The van der Waals surface area contributed by atoms with Crippen LogP contribution in [-0.4, -0.2) is 6.54 Å². The molecule has 0 aliphatic heterocycles. The van der Waals surface area contributed by atoms with Crippen molar-refractivity contribution in [2.45, 2.75) is 6.42 Å². The number of rotatable bonds is 4. The van der Waals surface area contributed by atoms with E-state index in [1.54, 1.807) is 11.3 Å². The van der Waals surface area contributed by atoms with Gasteiger partial charge in [0.1, 0.15) is 0 Å². The fourth-order valence-electron chi connectivity index (χ4n) is 1.43. The number of nitrogen functional groups attached to an aromatic ring is 1. The number of anilines is 2. The lowest BCUT2D eigenvalue weighted by atomic mass is 10.2. The Kier molecular flexibility index (Phi) is 3.25. The smallest absolute Gasteiger partial charge is 0.0574 e. The van der Waals surface area contributed by atoms with Gasteiger partial charge in [0, 0.05) is 11.4 Å². The Bertz CT molecular complexity index is 409. The van der Waals surface area contributed by atoms with Crippen LogP contribution in [0.2, 0.25) is 0 Å². The van der Waals surface area contributed by atoms with E-state index in [4.69, 9.17) is 5.73 Å². The van der Waals surface area contributed by atoms with Gasteiger partial charge < -0.3 is 11.1 Å². The van der Waals surface area contributed by atoms with Gasteiger partial charge >= 0.3 is 0 Å². The minimum atomic E-state index is 0.809. The molecule has 0 saturated heterocycles. The van der Waals surface area contributed by atoms with Crippen LogP contribution in [0.25, 0.3) is 0 Å². The van der Waals surface area contributed by atoms with Gasteiger partial charge in [0.05, 0.1) is 11.4 Å². The zero-order valence-electron chi connectivity index (χ0n) is 8.44. The Balaban J connectivity index is 1.86. The monoisotopic (exact) mass is 218 g/mol. The van der Waals surface area contributed by atoms with E-state index in [9.17, 15) is 0 Å². The largest absolute Gasteiger partial charge is 0.397 e. The Morgan fingerprint density at radius 3 is 2.73 bits per heavy atom. The van der Waals surface area contributed by atoms with E-state index >= 15 is 0 Å². The predicted molar refractivity (Wildman–Crippen MR) is 67.4 cm³/mol. The molecule has 78 valence electrons. The molecule has 0 fully saturated rings. The SMILES string of the molecule is Nc1ccccc1NCCc1cccs1. The molecule has 0 amide bonds. The number of thiophene rings is 1. The lowest BCUT2D eigenvalue weighted by molar-refractivity contribution is 1.05. The van der Waals surface area contributed by atoms with Gasteiger partial charge in [-0.25, -0.2) is 0 Å². The van der Waals surface area contributed by atoms with E-state index in [1.807, 2.05) is 24.3 Å². The third-order valence-electron chi connectivity index (χ3n) is 2.23. The van der Waals surface area contributed by atoms with E-state index in [0.717, 1.165) is 24.3 Å². The molecule has 0 atom stereocenters. The fraction of sp³-hybridized carbons (Fsp3) is 0.167. The zero-order chi connectivity index (χ0) is 10.5. The summed E-state index contributed by atoms with van der Waals surface area (Å²) in [4.78, 5) is 1.40. The first-order valence-corrected chi connectivity index (χ1v) is 5.85. The fourth-order valence-corrected chi connectivity index (χ4v) is 2.14. The Morgan fingerprint density at radius 2 is 2.00 bits per heavy atom. The number of nitrogens with two attached hydrogens (primary N) is 1.